The Balaban J connectivity index is 2.20. The molecule has 2 aromatic carbocycles. The van der Waals surface area contributed by atoms with Crippen molar-refractivity contribution in [3.63, 3.8) is 0 Å². The van der Waals surface area contributed by atoms with E-state index in [9.17, 15) is 9.59 Å². The number of carbonyl (C=O) groups is 2. The van der Waals surface area contributed by atoms with E-state index in [1.54, 1.807) is 55.5 Å². The first-order valence-electron chi connectivity index (χ1n) is 7.46. The highest BCUT2D eigenvalue weighted by atomic mass is 16.5. The summed E-state index contributed by atoms with van der Waals surface area (Å²) in [7, 11) is 0. The lowest BCUT2D eigenvalue weighted by molar-refractivity contribution is 0.0527. The number of esters is 1. The summed E-state index contributed by atoms with van der Waals surface area (Å²) in [6.45, 7) is 4.41. The number of anilines is 1. The Labute approximate surface area is 135 Å². The zero-order valence-electron chi connectivity index (χ0n) is 13.2. The number of carbonyl (C=O) groups excluding carboxylic acids is 2. The second kappa shape index (κ2) is 7.98. The van der Waals surface area contributed by atoms with E-state index in [-0.39, 0.29) is 12.5 Å². The molecule has 0 unspecified atom stereocenters. The van der Waals surface area contributed by atoms with Crippen molar-refractivity contribution in [2.24, 2.45) is 0 Å². The second-order valence-corrected chi connectivity index (χ2v) is 4.68. The molecule has 5 nitrogen and oxygen atoms in total. The molecule has 1 amide bonds. The van der Waals surface area contributed by atoms with Crippen LogP contribution < -0.4 is 10.1 Å². The van der Waals surface area contributed by atoms with Crippen LogP contribution >= 0.6 is 0 Å². The molecule has 0 fully saturated rings. The number of hydrogen-bond acceptors (Lipinski definition) is 4. The standard InChI is InChI=1S/C18H19NO4/c1-3-22-14-9-7-8-13(12-14)17(20)19-16-11-6-5-10-15(16)18(21)23-4-2/h5-12H,3-4H2,1-2H3,(H,19,20). The average Bonchev–Trinajstić information content (AvgIpc) is 2.56. The third-order valence-electron chi connectivity index (χ3n) is 3.08. The summed E-state index contributed by atoms with van der Waals surface area (Å²) in [4.78, 5) is 24.3. The summed E-state index contributed by atoms with van der Waals surface area (Å²) >= 11 is 0. The predicted octanol–water partition coefficient (Wildman–Crippen LogP) is 3.51. The molecule has 0 atom stereocenters. The molecule has 0 aliphatic heterocycles. The van der Waals surface area contributed by atoms with E-state index < -0.39 is 5.97 Å². The molecule has 5 heteroatoms. The molecular formula is C18H19NO4. The molecule has 0 aliphatic rings. The van der Waals surface area contributed by atoms with Crippen molar-refractivity contribution in [1.82, 2.24) is 0 Å². The summed E-state index contributed by atoms with van der Waals surface area (Å²) in [6, 6.07) is 13.6. The van der Waals surface area contributed by atoms with Crippen LogP contribution in [0.1, 0.15) is 34.6 Å². The van der Waals surface area contributed by atoms with Crippen molar-refractivity contribution >= 4 is 17.6 Å². The van der Waals surface area contributed by atoms with Crippen molar-refractivity contribution in [1.29, 1.82) is 0 Å². The molecular weight excluding hydrogens is 294 g/mol. The summed E-state index contributed by atoms with van der Waals surface area (Å²) in [5.41, 5.74) is 1.19. The minimum atomic E-state index is -0.466. The van der Waals surface area contributed by atoms with Crippen LogP contribution in [-0.2, 0) is 4.74 Å². The normalized spacial score (nSPS) is 10.0. The predicted molar refractivity (Wildman–Crippen MR) is 88.0 cm³/mol. The van der Waals surface area contributed by atoms with Crippen LogP contribution in [0.3, 0.4) is 0 Å². The number of rotatable bonds is 6. The van der Waals surface area contributed by atoms with Gasteiger partial charge in [0.1, 0.15) is 5.75 Å². The van der Waals surface area contributed by atoms with Crippen LogP contribution in [-0.4, -0.2) is 25.1 Å². The summed E-state index contributed by atoms with van der Waals surface area (Å²) in [5.74, 6) is -0.159. The molecule has 1 N–H and O–H groups in total. The van der Waals surface area contributed by atoms with Gasteiger partial charge in [-0.1, -0.05) is 18.2 Å². The van der Waals surface area contributed by atoms with Gasteiger partial charge in [0, 0.05) is 5.56 Å². The fraction of sp³-hybridized carbons (Fsp3) is 0.222. The van der Waals surface area contributed by atoms with Gasteiger partial charge in [0.05, 0.1) is 24.5 Å². The first kappa shape index (κ1) is 16.5. The van der Waals surface area contributed by atoms with Gasteiger partial charge in [-0.3, -0.25) is 4.79 Å². The van der Waals surface area contributed by atoms with Crippen LogP contribution in [0, 0.1) is 0 Å². The van der Waals surface area contributed by atoms with Gasteiger partial charge in [-0.05, 0) is 44.2 Å². The Morgan fingerprint density at radius 3 is 2.52 bits per heavy atom. The SMILES string of the molecule is CCOC(=O)c1ccccc1NC(=O)c1cccc(OCC)c1. The van der Waals surface area contributed by atoms with E-state index in [0.29, 0.717) is 29.2 Å². The van der Waals surface area contributed by atoms with Gasteiger partial charge in [-0.25, -0.2) is 4.79 Å². The number of nitrogens with one attached hydrogen (secondary N) is 1. The van der Waals surface area contributed by atoms with Crippen molar-refractivity contribution in [3.05, 3.63) is 59.7 Å². The van der Waals surface area contributed by atoms with Crippen molar-refractivity contribution in [2.45, 2.75) is 13.8 Å². The van der Waals surface area contributed by atoms with E-state index in [2.05, 4.69) is 5.32 Å². The van der Waals surface area contributed by atoms with E-state index in [1.165, 1.54) is 0 Å². The average molecular weight is 313 g/mol. The molecule has 0 bridgehead atoms. The second-order valence-electron chi connectivity index (χ2n) is 4.68. The number of ether oxygens (including phenoxy) is 2. The largest absolute Gasteiger partial charge is 0.494 e. The van der Waals surface area contributed by atoms with Crippen LogP contribution in [0.15, 0.2) is 48.5 Å². The Bertz CT molecular complexity index is 697. The first-order valence-corrected chi connectivity index (χ1v) is 7.46. The lowest BCUT2D eigenvalue weighted by Gasteiger charge is -2.11. The minimum absolute atomic E-state index is 0.275. The van der Waals surface area contributed by atoms with Crippen molar-refractivity contribution < 1.29 is 19.1 Å². The molecule has 0 heterocycles. The van der Waals surface area contributed by atoms with Gasteiger partial charge in [0.25, 0.3) is 5.91 Å². The lowest BCUT2D eigenvalue weighted by atomic mass is 10.1. The van der Waals surface area contributed by atoms with E-state index in [1.807, 2.05) is 6.92 Å². The molecule has 2 aromatic rings. The maximum Gasteiger partial charge on any atom is 0.340 e. The van der Waals surface area contributed by atoms with Crippen LogP contribution in [0.4, 0.5) is 5.69 Å². The van der Waals surface area contributed by atoms with Crippen molar-refractivity contribution in [2.75, 3.05) is 18.5 Å². The highest BCUT2D eigenvalue weighted by Gasteiger charge is 2.15. The van der Waals surface area contributed by atoms with E-state index in [4.69, 9.17) is 9.47 Å². The quantitative estimate of drug-likeness (QED) is 0.829. The molecule has 0 saturated heterocycles. The smallest absolute Gasteiger partial charge is 0.340 e. The molecule has 23 heavy (non-hydrogen) atoms. The zero-order valence-corrected chi connectivity index (χ0v) is 13.2. The Hall–Kier alpha value is -2.82. The van der Waals surface area contributed by atoms with Gasteiger partial charge < -0.3 is 14.8 Å². The Kier molecular flexibility index (Phi) is 5.74. The summed E-state index contributed by atoms with van der Waals surface area (Å²) in [6.07, 6.45) is 0. The fourth-order valence-electron chi connectivity index (χ4n) is 2.07. The van der Waals surface area contributed by atoms with E-state index >= 15 is 0 Å². The van der Waals surface area contributed by atoms with Crippen LogP contribution in [0.25, 0.3) is 0 Å². The Morgan fingerprint density at radius 1 is 1.00 bits per heavy atom. The van der Waals surface area contributed by atoms with Gasteiger partial charge in [-0.2, -0.15) is 0 Å². The first-order chi connectivity index (χ1) is 11.2. The van der Waals surface area contributed by atoms with Crippen molar-refractivity contribution in [3.8, 4) is 5.75 Å². The van der Waals surface area contributed by atoms with E-state index in [0.717, 1.165) is 0 Å². The van der Waals surface area contributed by atoms with Gasteiger partial charge in [0.2, 0.25) is 0 Å². The summed E-state index contributed by atoms with van der Waals surface area (Å²) < 4.78 is 10.4. The summed E-state index contributed by atoms with van der Waals surface area (Å²) in [5, 5.41) is 2.74. The highest BCUT2D eigenvalue weighted by molar-refractivity contribution is 6.08. The minimum Gasteiger partial charge on any atom is -0.494 e. The molecule has 0 saturated carbocycles. The number of para-hydroxylation sites is 1. The molecule has 0 aromatic heterocycles. The lowest BCUT2D eigenvalue weighted by Crippen LogP contribution is -2.16. The fourth-order valence-corrected chi connectivity index (χ4v) is 2.07. The third kappa shape index (κ3) is 4.32. The molecule has 0 radical (unpaired) electrons. The van der Waals surface area contributed by atoms with Gasteiger partial charge >= 0.3 is 5.97 Å². The molecule has 0 spiro atoms. The maximum absolute atomic E-state index is 12.4. The number of benzene rings is 2. The monoisotopic (exact) mass is 313 g/mol. The van der Waals surface area contributed by atoms with Crippen LogP contribution in [0.2, 0.25) is 0 Å². The topological polar surface area (TPSA) is 64.6 Å². The van der Waals surface area contributed by atoms with Gasteiger partial charge in [-0.15, -0.1) is 0 Å². The highest BCUT2D eigenvalue weighted by Crippen LogP contribution is 2.19. The Morgan fingerprint density at radius 2 is 1.78 bits per heavy atom. The van der Waals surface area contributed by atoms with Gasteiger partial charge in [0.15, 0.2) is 0 Å². The molecule has 0 aliphatic carbocycles. The third-order valence-corrected chi connectivity index (χ3v) is 3.08. The number of amides is 1. The maximum atomic E-state index is 12.4. The van der Waals surface area contributed by atoms with Crippen LogP contribution in [0.5, 0.6) is 5.75 Å². The zero-order chi connectivity index (χ0) is 16.7. The number of hydrogen-bond donors (Lipinski definition) is 1. The molecule has 2 rings (SSSR count). The molecule has 120 valence electrons.